The molecule has 4 aromatic rings. The molecule has 0 aliphatic heterocycles. The number of rotatable bonds is 6. The van der Waals surface area contributed by atoms with E-state index in [0.29, 0.717) is 12.1 Å². The summed E-state index contributed by atoms with van der Waals surface area (Å²) in [4.78, 5) is 28.2. The largest absolute Gasteiger partial charge is 0.343 e. The fourth-order valence-corrected chi connectivity index (χ4v) is 3.59. The Morgan fingerprint density at radius 1 is 1.13 bits per heavy atom. The maximum atomic E-state index is 13.5. The summed E-state index contributed by atoms with van der Waals surface area (Å²) in [5, 5.41) is 14.2. The standard InChI is InChI=1S/C23H19FN4O3/c1-15-18(5-4-8-21(15)28(30)31)23(29)26-20(16-9-11-17(24)12-10-16)13-27-14-25-19-6-2-3-7-22(19)27/h2-12,14,20H,13H2,1H3,(H,26,29). The molecule has 7 nitrogen and oxygen atoms in total. The van der Waals surface area contributed by atoms with E-state index < -0.39 is 16.9 Å². The minimum absolute atomic E-state index is 0.119. The number of nitrogens with one attached hydrogen (secondary N) is 1. The summed E-state index contributed by atoms with van der Waals surface area (Å²) in [6, 6.07) is 17.4. The predicted molar refractivity (Wildman–Crippen MR) is 114 cm³/mol. The first-order valence-corrected chi connectivity index (χ1v) is 9.64. The molecule has 8 heteroatoms. The molecule has 0 aliphatic rings. The van der Waals surface area contributed by atoms with Crippen molar-refractivity contribution in [1.29, 1.82) is 0 Å². The summed E-state index contributed by atoms with van der Waals surface area (Å²) < 4.78 is 15.4. The molecule has 1 atom stereocenters. The molecule has 0 spiro atoms. The van der Waals surface area contributed by atoms with Gasteiger partial charge in [0, 0.05) is 23.7 Å². The number of benzene rings is 3. The van der Waals surface area contributed by atoms with Crippen LogP contribution in [0.25, 0.3) is 11.0 Å². The fraction of sp³-hybridized carbons (Fsp3) is 0.130. The van der Waals surface area contributed by atoms with Crippen LogP contribution in [0, 0.1) is 22.9 Å². The molecular formula is C23H19FN4O3. The van der Waals surface area contributed by atoms with Gasteiger partial charge in [-0.1, -0.05) is 30.3 Å². The van der Waals surface area contributed by atoms with E-state index in [4.69, 9.17) is 0 Å². The SMILES string of the molecule is Cc1c(C(=O)NC(Cn2cnc3ccccc32)c2ccc(F)cc2)cccc1[N+](=O)[O-]. The highest BCUT2D eigenvalue weighted by Crippen LogP contribution is 2.24. The predicted octanol–water partition coefficient (Wildman–Crippen LogP) is 4.56. The zero-order chi connectivity index (χ0) is 22.0. The van der Waals surface area contributed by atoms with Gasteiger partial charge >= 0.3 is 0 Å². The van der Waals surface area contributed by atoms with Crippen molar-refractivity contribution in [3.63, 3.8) is 0 Å². The average Bonchev–Trinajstić information content (AvgIpc) is 3.16. The van der Waals surface area contributed by atoms with Gasteiger partial charge in [0.25, 0.3) is 11.6 Å². The molecule has 0 fully saturated rings. The number of fused-ring (bicyclic) bond motifs is 1. The smallest absolute Gasteiger partial charge is 0.273 e. The molecule has 0 aliphatic carbocycles. The van der Waals surface area contributed by atoms with Crippen molar-refractivity contribution in [2.24, 2.45) is 0 Å². The Morgan fingerprint density at radius 3 is 2.61 bits per heavy atom. The van der Waals surface area contributed by atoms with E-state index in [1.54, 1.807) is 31.5 Å². The lowest BCUT2D eigenvalue weighted by Gasteiger charge is -2.21. The summed E-state index contributed by atoms with van der Waals surface area (Å²) in [6.07, 6.45) is 1.69. The van der Waals surface area contributed by atoms with Crippen molar-refractivity contribution in [1.82, 2.24) is 14.9 Å². The highest BCUT2D eigenvalue weighted by atomic mass is 19.1. The number of hydrogen-bond donors (Lipinski definition) is 1. The third-order valence-corrected chi connectivity index (χ3v) is 5.23. The Balaban J connectivity index is 1.68. The van der Waals surface area contributed by atoms with E-state index in [2.05, 4.69) is 10.3 Å². The normalized spacial score (nSPS) is 11.9. The van der Waals surface area contributed by atoms with E-state index in [-0.39, 0.29) is 22.6 Å². The zero-order valence-corrected chi connectivity index (χ0v) is 16.7. The van der Waals surface area contributed by atoms with Gasteiger partial charge in [-0.3, -0.25) is 14.9 Å². The zero-order valence-electron chi connectivity index (χ0n) is 16.7. The third-order valence-electron chi connectivity index (χ3n) is 5.23. The van der Waals surface area contributed by atoms with Gasteiger partial charge in [-0.15, -0.1) is 0 Å². The second-order valence-corrected chi connectivity index (χ2v) is 7.17. The van der Waals surface area contributed by atoms with E-state index in [1.807, 2.05) is 28.8 Å². The molecule has 1 N–H and O–H groups in total. The first-order valence-electron chi connectivity index (χ1n) is 9.64. The van der Waals surface area contributed by atoms with E-state index in [0.717, 1.165) is 11.0 Å². The summed E-state index contributed by atoms with van der Waals surface area (Å²) in [7, 11) is 0. The van der Waals surface area contributed by atoms with E-state index in [9.17, 15) is 19.3 Å². The van der Waals surface area contributed by atoms with Crippen LogP contribution in [-0.4, -0.2) is 20.4 Å². The lowest BCUT2D eigenvalue weighted by Crippen LogP contribution is -2.32. The molecule has 0 radical (unpaired) electrons. The first kappa shape index (κ1) is 20.2. The molecule has 31 heavy (non-hydrogen) atoms. The van der Waals surface area contributed by atoms with Crippen LogP contribution >= 0.6 is 0 Å². The number of imidazole rings is 1. The number of amides is 1. The molecule has 1 aromatic heterocycles. The van der Waals surface area contributed by atoms with Crippen LogP contribution in [0.1, 0.15) is 27.5 Å². The van der Waals surface area contributed by atoms with Crippen LogP contribution in [0.5, 0.6) is 0 Å². The van der Waals surface area contributed by atoms with Gasteiger partial charge in [0.05, 0.1) is 28.3 Å². The van der Waals surface area contributed by atoms with Crippen molar-refractivity contribution in [2.45, 2.75) is 19.5 Å². The van der Waals surface area contributed by atoms with Gasteiger partial charge in [0.2, 0.25) is 0 Å². The van der Waals surface area contributed by atoms with Crippen molar-refractivity contribution < 1.29 is 14.1 Å². The van der Waals surface area contributed by atoms with Crippen molar-refractivity contribution in [3.8, 4) is 0 Å². The van der Waals surface area contributed by atoms with Crippen LogP contribution < -0.4 is 5.32 Å². The molecule has 3 aromatic carbocycles. The maximum absolute atomic E-state index is 13.5. The number of carbonyl (C=O) groups is 1. The van der Waals surface area contributed by atoms with E-state index in [1.165, 1.54) is 24.3 Å². The molecule has 1 unspecified atom stereocenters. The minimum atomic E-state index is -0.513. The molecular weight excluding hydrogens is 399 g/mol. The molecule has 1 amide bonds. The van der Waals surface area contributed by atoms with Gasteiger partial charge in [-0.2, -0.15) is 0 Å². The number of nitro benzene ring substituents is 1. The number of para-hydroxylation sites is 2. The molecule has 1 heterocycles. The Hall–Kier alpha value is -4.07. The van der Waals surface area contributed by atoms with Crippen LogP contribution in [-0.2, 0) is 6.54 Å². The maximum Gasteiger partial charge on any atom is 0.273 e. The lowest BCUT2D eigenvalue weighted by molar-refractivity contribution is -0.385. The van der Waals surface area contributed by atoms with Crippen LogP contribution in [0.15, 0.2) is 73.1 Å². The van der Waals surface area contributed by atoms with Crippen LogP contribution in [0.4, 0.5) is 10.1 Å². The third kappa shape index (κ3) is 4.13. The molecule has 0 saturated carbocycles. The molecule has 0 bridgehead atoms. The molecule has 0 saturated heterocycles. The van der Waals surface area contributed by atoms with Crippen LogP contribution in [0.3, 0.4) is 0 Å². The summed E-state index contributed by atoms with van der Waals surface area (Å²) in [5.41, 5.74) is 2.81. The minimum Gasteiger partial charge on any atom is -0.343 e. The van der Waals surface area contributed by atoms with Gasteiger partial charge < -0.3 is 9.88 Å². The summed E-state index contributed by atoms with van der Waals surface area (Å²) in [6.45, 7) is 1.90. The Labute approximate surface area is 177 Å². The number of hydrogen-bond acceptors (Lipinski definition) is 4. The van der Waals surface area contributed by atoms with E-state index >= 15 is 0 Å². The van der Waals surface area contributed by atoms with Gasteiger partial charge in [-0.25, -0.2) is 9.37 Å². The number of carbonyl (C=O) groups excluding carboxylic acids is 1. The Bertz CT molecular complexity index is 1270. The summed E-state index contributed by atoms with van der Waals surface area (Å²) in [5.74, 6) is -0.823. The topological polar surface area (TPSA) is 90.1 Å². The second-order valence-electron chi connectivity index (χ2n) is 7.17. The van der Waals surface area contributed by atoms with Gasteiger partial charge in [0.15, 0.2) is 0 Å². The van der Waals surface area contributed by atoms with Crippen molar-refractivity contribution in [3.05, 3.63) is 106 Å². The summed E-state index contributed by atoms with van der Waals surface area (Å²) >= 11 is 0. The monoisotopic (exact) mass is 418 g/mol. The van der Waals surface area contributed by atoms with Gasteiger partial charge in [-0.05, 0) is 42.8 Å². The highest BCUT2D eigenvalue weighted by molar-refractivity contribution is 5.96. The quantitative estimate of drug-likeness (QED) is 0.367. The average molecular weight is 418 g/mol. The number of nitrogens with zero attached hydrogens (tertiary/aromatic N) is 3. The number of halogens is 1. The van der Waals surface area contributed by atoms with Crippen molar-refractivity contribution in [2.75, 3.05) is 0 Å². The number of nitro groups is 1. The second kappa shape index (κ2) is 8.35. The fourth-order valence-electron chi connectivity index (χ4n) is 3.59. The lowest BCUT2D eigenvalue weighted by atomic mass is 10.0. The number of aromatic nitrogens is 2. The van der Waals surface area contributed by atoms with Gasteiger partial charge in [0.1, 0.15) is 5.82 Å². The molecule has 156 valence electrons. The first-order chi connectivity index (χ1) is 14.9. The molecule has 4 rings (SSSR count). The highest BCUT2D eigenvalue weighted by Gasteiger charge is 2.22. The Kier molecular flexibility index (Phi) is 5.44. The van der Waals surface area contributed by atoms with Crippen molar-refractivity contribution >= 4 is 22.6 Å². The van der Waals surface area contributed by atoms with Crippen LogP contribution in [0.2, 0.25) is 0 Å². The Morgan fingerprint density at radius 2 is 1.87 bits per heavy atom.